The summed E-state index contributed by atoms with van der Waals surface area (Å²) >= 11 is 0. The standard InChI is InChI=1S/C12H22N2O3/c1-9-5-6-10(8-9)13-12(17)14(2)7-3-4-11(15)16/h9-10H,3-8H2,1-2H3,(H,13,17)(H,15,16). The number of nitrogens with one attached hydrogen (secondary N) is 1. The van der Waals surface area contributed by atoms with E-state index in [-0.39, 0.29) is 12.5 Å². The van der Waals surface area contributed by atoms with Crippen LogP contribution in [0.4, 0.5) is 4.79 Å². The molecular weight excluding hydrogens is 220 g/mol. The highest BCUT2D eigenvalue weighted by molar-refractivity contribution is 5.74. The molecular formula is C12H22N2O3. The van der Waals surface area contributed by atoms with Crippen LogP contribution in [-0.4, -0.2) is 41.6 Å². The number of carbonyl (C=O) groups is 2. The first-order valence-corrected chi connectivity index (χ1v) is 6.22. The zero-order valence-electron chi connectivity index (χ0n) is 10.6. The number of nitrogens with zero attached hydrogens (tertiary/aromatic N) is 1. The molecule has 1 fully saturated rings. The van der Waals surface area contributed by atoms with E-state index in [0.717, 1.165) is 12.8 Å². The summed E-state index contributed by atoms with van der Waals surface area (Å²) in [6, 6.07) is 0.203. The Hall–Kier alpha value is -1.26. The zero-order valence-corrected chi connectivity index (χ0v) is 10.6. The molecule has 17 heavy (non-hydrogen) atoms. The summed E-state index contributed by atoms with van der Waals surface area (Å²) in [6.45, 7) is 2.68. The van der Waals surface area contributed by atoms with Crippen LogP contribution < -0.4 is 5.32 Å². The van der Waals surface area contributed by atoms with Crippen molar-refractivity contribution < 1.29 is 14.7 Å². The summed E-state index contributed by atoms with van der Waals surface area (Å²) in [7, 11) is 1.70. The Morgan fingerprint density at radius 3 is 2.65 bits per heavy atom. The van der Waals surface area contributed by atoms with E-state index in [2.05, 4.69) is 12.2 Å². The van der Waals surface area contributed by atoms with Crippen molar-refractivity contribution in [3.05, 3.63) is 0 Å². The molecule has 0 bridgehead atoms. The van der Waals surface area contributed by atoms with Crippen molar-refractivity contribution in [2.45, 2.75) is 45.1 Å². The van der Waals surface area contributed by atoms with E-state index in [4.69, 9.17) is 5.11 Å². The molecule has 0 saturated heterocycles. The zero-order chi connectivity index (χ0) is 12.8. The van der Waals surface area contributed by atoms with Gasteiger partial charge >= 0.3 is 12.0 Å². The quantitative estimate of drug-likeness (QED) is 0.770. The average molecular weight is 242 g/mol. The third kappa shape index (κ3) is 5.06. The number of amides is 2. The van der Waals surface area contributed by atoms with Crippen LogP contribution in [0.25, 0.3) is 0 Å². The Morgan fingerprint density at radius 2 is 2.12 bits per heavy atom. The molecule has 98 valence electrons. The van der Waals surface area contributed by atoms with Gasteiger partial charge in [-0.1, -0.05) is 6.92 Å². The molecule has 0 aromatic carbocycles. The van der Waals surface area contributed by atoms with Gasteiger partial charge in [-0.2, -0.15) is 0 Å². The highest BCUT2D eigenvalue weighted by Gasteiger charge is 2.23. The van der Waals surface area contributed by atoms with E-state index in [0.29, 0.717) is 24.9 Å². The largest absolute Gasteiger partial charge is 0.481 e. The number of hydrogen-bond acceptors (Lipinski definition) is 2. The van der Waals surface area contributed by atoms with Gasteiger partial charge in [0.2, 0.25) is 0 Å². The lowest BCUT2D eigenvalue weighted by atomic mass is 10.1. The number of aliphatic carboxylic acids is 1. The van der Waals surface area contributed by atoms with Crippen molar-refractivity contribution in [2.75, 3.05) is 13.6 Å². The molecule has 5 heteroatoms. The van der Waals surface area contributed by atoms with Gasteiger partial charge in [-0.15, -0.1) is 0 Å². The predicted molar refractivity (Wildman–Crippen MR) is 64.8 cm³/mol. The first-order valence-electron chi connectivity index (χ1n) is 6.22. The molecule has 0 heterocycles. The van der Waals surface area contributed by atoms with Gasteiger partial charge in [-0.05, 0) is 31.6 Å². The molecule has 1 aliphatic carbocycles. The maximum absolute atomic E-state index is 11.7. The molecule has 1 rings (SSSR count). The molecule has 5 nitrogen and oxygen atoms in total. The fourth-order valence-electron chi connectivity index (χ4n) is 2.19. The fraction of sp³-hybridized carbons (Fsp3) is 0.833. The lowest BCUT2D eigenvalue weighted by molar-refractivity contribution is -0.137. The number of carboxylic acid groups (broad SMARTS) is 1. The lowest BCUT2D eigenvalue weighted by Crippen LogP contribution is -2.42. The number of carboxylic acids is 1. The van der Waals surface area contributed by atoms with Gasteiger partial charge in [0.15, 0.2) is 0 Å². The molecule has 2 N–H and O–H groups in total. The predicted octanol–water partition coefficient (Wildman–Crippen LogP) is 1.68. The van der Waals surface area contributed by atoms with Crippen molar-refractivity contribution >= 4 is 12.0 Å². The van der Waals surface area contributed by atoms with Crippen LogP contribution in [-0.2, 0) is 4.79 Å². The number of hydrogen-bond donors (Lipinski definition) is 2. The monoisotopic (exact) mass is 242 g/mol. The minimum Gasteiger partial charge on any atom is -0.481 e. The van der Waals surface area contributed by atoms with Crippen LogP contribution in [0.2, 0.25) is 0 Å². The molecule has 0 aliphatic heterocycles. The molecule has 0 spiro atoms. The Kier molecular flexibility index (Phi) is 5.25. The van der Waals surface area contributed by atoms with Gasteiger partial charge in [0.05, 0.1) is 0 Å². The maximum atomic E-state index is 11.7. The molecule has 0 aromatic rings. The van der Waals surface area contributed by atoms with Gasteiger partial charge in [-0.3, -0.25) is 4.79 Å². The molecule has 2 amide bonds. The Balaban J connectivity index is 2.20. The molecule has 1 aliphatic rings. The fourth-order valence-corrected chi connectivity index (χ4v) is 2.19. The third-order valence-electron chi connectivity index (χ3n) is 3.25. The van der Waals surface area contributed by atoms with Gasteiger partial charge in [0.25, 0.3) is 0 Å². The summed E-state index contributed by atoms with van der Waals surface area (Å²) in [5.74, 6) is -0.124. The summed E-state index contributed by atoms with van der Waals surface area (Å²) in [4.78, 5) is 23.7. The maximum Gasteiger partial charge on any atom is 0.317 e. The Labute approximate surface area is 102 Å². The molecule has 1 saturated carbocycles. The van der Waals surface area contributed by atoms with Crippen molar-refractivity contribution in [1.82, 2.24) is 10.2 Å². The van der Waals surface area contributed by atoms with E-state index in [1.54, 1.807) is 11.9 Å². The van der Waals surface area contributed by atoms with Gasteiger partial charge in [0.1, 0.15) is 0 Å². The smallest absolute Gasteiger partial charge is 0.317 e. The van der Waals surface area contributed by atoms with Crippen LogP contribution in [0, 0.1) is 5.92 Å². The summed E-state index contributed by atoms with van der Waals surface area (Å²) in [6.07, 6.45) is 3.89. The molecule has 0 radical (unpaired) electrons. The van der Waals surface area contributed by atoms with E-state index in [9.17, 15) is 9.59 Å². The first-order chi connectivity index (χ1) is 7.99. The number of urea groups is 1. The van der Waals surface area contributed by atoms with Gasteiger partial charge < -0.3 is 15.3 Å². The third-order valence-corrected chi connectivity index (χ3v) is 3.25. The highest BCUT2D eigenvalue weighted by Crippen LogP contribution is 2.24. The van der Waals surface area contributed by atoms with Crippen LogP contribution >= 0.6 is 0 Å². The van der Waals surface area contributed by atoms with Crippen LogP contribution in [0.1, 0.15) is 39.0 Å². The van der Waals surface area contributed by atoms with Gasteiger partial charge in [0, 0.05) is 26.1 Å². The van der Waals surface area contributed by atoms with Crippen LogP contribution in [0.5, 0.6) is 0 Å². The Bertz CT molecular complexity index is 281. The number of rotatable bonds is 5. The topological polar surface area (TPSA) is 69.6 Å². The van der Waals surface area contributed by atoms with E-state index in [1.807, 2.05) is 0 Å². The minimum atomic E-state index is -0.816. The summed E-state index contributed by atoms with van der Waals surface area (Å²) < 4.78 is 0. The van der Waals surface area contributed by atoms with E-state index in [1.165, 1.54) is 6.42 Å². The lowest BCUT2D eigenvalue weighted by Gasteiger charge is -2.20. The normalized spacial score (nSPS) is 23.4. The molecule has 2 atom stereocenters. The second-order valence-electron chi connectivity index (χ2n) is 4.98. The summed E-state index contributed by atoms with van der Waals surface area (Å²) in [5, 5.41) is 11.5. The van der Waals surface area contributed by atoms with E-state index >= 15 is 0 Å². The van der Waals surface area contributed by atoms with E-state index < -0.39 is 5.97 Å². The highest BCUT2D eigenvalue weighted by atomic mass is 16.4. The summed E-state index contributed by atoms with van der Waals surface area (Å²) in [5.41, 5.74) is 0. The average Bonchev–Trinajstić information content (AvgIpc) is 2.63. The van der Waals surface area contributed by atoms with Gasteiger partial charge in [-0.25, -0.2) is 4.79 Å². The Morgan fingerprint density at radius 1 is 1.41 bits per heavy atom. The molecule has 2 unspecified atom stereocenters. The van der Waals surface area contributed by atoms with Crippen molar-refractivity contribution in [1.29, 1.82) is 0 Å². The first kappa shape index (κ1) is 13.8. The van der Waals surface area contributed by atoms with Crippen LogP contribution in [0.3, 0.4) is 0 Å². The number of carbonyl (C=O) groups excluding carboxylic acids is 1. The SMILES string of the molecule is CC1CCC(NC(=O)N(C)CCCC(=O)O)C1. The second kappa shape index (κ2) is 6.47. The van der Waals surface area contributed by atoms with Crippen molar-refractivity contribution in [3.8, 4) is 0 Å². The van der Waals surface area contributed by atoms with Crippen LogP contribution in [0.15, 0.2) is 0 Å². The van der Waals surface area contributed by atoms with Crippen molar-refractivity contribution in [3.63, 3.8) is 0 Å². The second-order valence-corrected chi connectivity index (χ2v) is 4.98. The minimum absolute atomic E-state index is 0.0884. The van der Waals surface area contributed by atoms with Crippen molar-refractivity contribution in [2.24, 2.45) is 5.92 Å². The molecule has 0 aromatic heterocycles.